The Morgan fingerprint density at radius 1 is 1.00 bits per heavy atom. The van der Waals surface area contributed by atoms with Crippen LogP contribution in [-0.4, -0.2) is 75.1 Å². The number of aliphatic hydroxyl groups is 1. The number of anilines is 1. The molecule has 4 aromatic rings. The monoisotopic (exact) mass is 773 g/mol. The van der Waals surface area contributed by atoms with E-state index in [2.05, 4.69) is 25.6 Å². The molecule has 0 spiro atoms. The first-order valence-corrected chi connectivity index (χ1v) is 18.7. The third-order valence-corrected chi connectivity index (χ3v) is 10.4. The van der Waals surface area contributed by atoms with Gasteiger partial charge in [0.05, 0.1) is 12.6 Å². The minimum Gasteiger partial charge on any atom is -0.455 e. The number of alkyl halides is 2. The number of halogens is 2. The lowest BCUT2D eigenvalue weighted by Crippen LogP contribution is -2.73. The number of fused-ring (bicyclic) bond motifs is 1. The highest BCUT2D eigenvalue weighted by molar-refractivity contribution is 8.03. The molecule has 1 aromatic heterocycles. The van der Waals surface area contributed by atoms with Crippen LogP contribution in [0.4, 0.5) is 13.9 Å². The first kappa shape index (κ1) is 38.3. The Hall–Kier alpha value is -5.38. The molecule has 2 atom stereocenters. The molecule has 54 heavy (non-hydrogen) atoms. The lowest BCUT2D eigenvalue weighted by atomic mass is 9.77. The van der Waals surface area contributed by atoms with Crippen LogP contribution in [-0.2, 0) is 29.5 Å². The van der Waals surface area contributed by atoms with Gasteiger partial charge in [-0.1, -0.05) is 102 Å². The highest BCUT2D eigenvalue weighted by Crippen LogP contribution is 2.42. The van der Waals surface area contributed by atoms with Crippen molar-refractivity contribution in [3.63, 3.8) is 0 Å². The topological polar surface area (TPSA) is 142 Å². The lowest BCUT2D eigenvalue weighted by molar-refractivity contribution is -0.160. The van der Waals surface area contributed by atoms with Gasteiger partial charge in [-0.3, -0.25) is 14.5 Å². The molecule has 3 heterocycles. The van der Waals surface area contributed by atoms with Gasteiger partial charge < -0.3 is 25.3 Å². The van der Waals surface area contributed by atoms with Crippen LogP contribution in [0, 0.1) is 0 Å². The third-order valence-electron chi connectivity index (χ3n) is 8.46. The highest BCUT2D eigenvalue weighted by Gasteiger charge is 2.54. The van der Waals surface area contributed by atoms with E-state index in [1.54, 1.807) is 20.8 Å². The molecular formula is C39H37F2N5O6S2. The molecule has 15 heteroatoms. The van der Waals surface area contributed by atoms with Crippen LogP contribution in [0.3, 0.4) is 0 Å². The molecule has 2 unspecified atom stereocenters. The number of carbonyl (C=O) groups is 3. The summed E-state index contributed by atoms with van der Waals surface area (Å²) in [7, 11) is 0. The summed E-state index contributed by atoms with van der Waals surface area (Å²) in [6.07, 6.45) is 2.96. The lowest BCUT2D eigenvalue weighted by Gasteiger charge is -2.50. The maximum absolute atomic E-state index is 13.8. The van der Waals surface area contributed by atoms with Crippen LogP contribution in [0.15, 0.2) is 124 Å². The van der Waals surface area contributed by atoms with Crippen molar-refractivity contribution >= 4 is 51.7 Å². The SMILES string of the molecule is CC(C)(C)OC(=O)C1=C(/C=C/CO)SCC2C(NC(=O)/C(=N\OC(F)F)c3csc(NC(c4ccccc4)(c4ccccc4)c4ccccc4)n3)C(=O)N12. The fourth-order valence-corrected chi connectivity index (χ4v) is 8.17. The largest absolute Gasteiger partial charge is 0.455 e. The summed E-state index contributed by atoms with van der Waals surface area (Å²) in [5.41, 5.74) is 0.165. The summed E-state index contributed by atoms with van der Waals surface area (Å²) in [5.74, 6) is -2.07. The Bertz CT molecular complexity index is 1970. The Labute approximate surface area is 318 Å². The summed E-state index contributed by atoms with van der Waals surface area (Å²) >= 11 is 2.37. The van der Waals surface area contributed by atoms with E-state index in [1.807, 2.05) is 91.0 Å². The standard InChI is InChI=1S/C39H37F2N5O6S2/c1-38(2,3)51-35(50)32-29(20-13-21-47)53-23-28-31(34(49)46(28)32)43-33(48)30(45-52-36(40)41)27-22-54-37(42-27)44-39(24-14-7-4-8-15-24,25-16-9-5-10-17-25)26-18-11-6-12-19-26/h4-20,22,28,31,36,47H,21,23H2,1-3H3,(H,42,44)(H,43,48)/b20-13+,45-30-. The first-order chi connectivity index (χ1) is 25.9. The number of allylic oxidation sites excluding steroid dienone is 1. The molecule has 0 bridgehead atoms. The first-order valence-electron chi connectivity index (χ1n) is 16.9. The van der Waals surface area contributed by atoms with Crippen molar-refractivity contribution in [2.75, 3.05) is 17.7 Å². The van der Waals surface area contributed by atoms with Crippen molar-refractivity contribution in [2.45, 2.75) is 50.6 Å². The molecule has 2 amide bonds. The number of carbonyl (C=O) groups excluding carboxylic acids is 3. The number of aliphatic hydroxyl groups excluding tert-OH is 1. The molecule has 0 saturated carbocycles. The molecule has 280 valence electrons. The summed E-state index contributed by atoms with van der Waals surface area (Å²) in [6, 6.07) is 27.4. The summed E-state index contributed by atoms with van der Waals surface area (Å²) < 4.78 is 32.2. The predicted octanol–water partition coefficient (Wildman–Crippen LogP) is 6.03. The number of nitrogens with zero attached hydrogens (tertiary/aromatic N) is 3. The van der Waals surface area contributed by atoms with Crippen LogP contribution in [0.5, 0.6) is 0 Å². The van der Waals surface area contributed by atoms with Crippen LogP contribution in [0.25, 0.3) is 0 Å². The zero-order chi connectivity index (χ0) is 38.5. The second-order valence-corrected chi connectivity index (χ2v) is 15.1. The summed E-state index contributed by atoms with van der Waals surface area (Å²) in [6.45, 7) is 1.44. The van der Waals surface area contributed by atoms with Crippen molar-refractivity contribution in [1.29, 1.82) is 0 Å². The zero-order valence-corrected chi connectivity index (χ0v) is 31.1. The molecule has 0 aliphatic carbocycles. The summed E-state index contributed by atoms with van der Waals surface area (Å²) in [4.78, 5) is 51.2. The quantitative estimate of drug-likeness (QED) is 0.0488. The molecule has 11 nitrogen and oxygen atoms in total. The van der Waals surface area contributed by atoms with E-state index in [4.69, 9.17) is 4.74 Å². The number of esters is 1. The highest BCUT2D eigenvalue weighted by atomic mass is 32.2. The number of ether oxygens (including phenoxy) is 1. The number of β-lactam (4-membered cyclic amide) rings is 1. The van der Waals surface area contributed by atoms with E-state index >= 15 is 0 Å². The van der Waals surface area contributed by atoms with E-state index in [0.29, 0.717) is 10.0 Å². The number of hydrogen-bond acceptors (Lipinski definition) is 11. The average Bonchev–Trinajstić information content (AvgIpc) is 3.62. The molecule has 6 rings (SSSR count). The number of nitrogens with one attached hydrogen (secondary N) is 2. The second kappa shape index (κ2) is 16.3. The maximum atomic E-state index is 13.8. The molecule has 0 radical (unpaired) electrons. The number of thioether (sulfide) groups is 1. The number of benzene rings is 3. The molecule has 3 aromatic carbocycles. The average molecular weight is 774 g/mol. The number of hydrogen-bond donors (Lipinski definition) is 3. The predicted molar refractivity (Wildman–Crippen MR) is 203 cm³/mol. The van der Waals surface area contributed by atoms with E-state index < -0.39 is 53.3 Å². The van der Waals surface area contributed by atoms with Gasteiger partial charge in [0.15, 0.2) is 10.8 Å². The van der Waals surface area contributed by atoms with Gasteiger partial charge >= 0.3 is 12.6 Å². The minimum atomic E-state index is -3.34. The molecular weight excluding hydrogens is 737 g/mol. The van der Waals surface area contributed by atoms with Gasteiger partial charge in [0.25, 0.3) is 11.8 Å². The number of thiazole rings is 1. The van der Waals surface area contributed by atoms with Crippen LogP contribution >= 0.6 is 23.1 Å². The Morgan fingerprint density at radius 3 is 2.09 bits per heavy atom. The van der Waals surface area contributed by atoms with Crippen molar-refractivity contribution in [3.8, 4) is 0 Å². The molecule has 2 aliphatic heterocycles. The van der Waals surface area contributed by atoms with Gasteiger partial charge in [0, 0.05) is 16.0 Å². The van der Waals surface area contributed by atoms with E-state index in [1.165, 1.54) is 34.2 Å². The Balaban J connectivity index is 1.30. The van der Waals surface area contributed by atoms with Gasteiger partial charge in [0.2, 0.25) is 0 Å². The Morgan fingerprint density at radius 2 is 1.57 bits per heavy atom. The zero-order valence-electron chi connectivity index (χ0n) is 29.4. The number of rotatable bonds is 13. The van der Waals surface area contributed by atoms with Gasteiger partial charge in [0.1, 0.15) is 28.6 Å². The van der Waals surface area contributed by atoms with Crippen molar-refractivity contribution in [3.05, 3.63) is 142 Å². The molecule has 2 aliphatic rings. The number of oxime groups is 1. The number of aromatic nitrogens is 1. The minimum absolute atomic E-state index is 0.0183. The van der Waals surface area contributed by atoms with Crippen molar-refractivity contribution < 1.29 is 37.8 Å². The summed E-state index contributed by atoms with van der Waals surface area (Å²) in [5, 5.41) is 20.8. The van der Waals surface area contributed by atoms with E-state index in [9.17, 15) is 28.3 Å². The maximum Gasteiger partial charge on any atom is 0.407 e. The van der Waals surface area contributed by atoms with Gasteiger partial charge in [-0.25, -0.2) is 9.78 Å². The van der Waals surface area contributed by atoms with Crippen molar-refractivity contribution in [1.82, 2.24) is 15.2 Å². The fraction of sp³-hybridized carbons (Fsp3) is 0.256. The Kier molecular flexibility index (Phi) is 11.6. The van der Waals surface area contributed by atoms with Gasteiger partial charge in [-0.15, -0.1) is 23.1 Å². The van der Waals surface area contributed by atoms with E-state index in [-0.39, 0.29) is 23.8 Å². The molecule has 3 N–H and O–H groups in total. The van der Waals surface area contributed by atoms with Crippen LogP contribution in [0.1, 0.15) is 43.2 Å². The van der Waals surface area contributed by atoms with Gasteiger partial charge in [-0.05, 0) is 43.5 Å². The third kappa shape index (κ3) is 8.07. The van der Waals surface area contributed by atoms with E-state index in [0.717, 1.165) is 28.0 Å². The normalized spacial score (nSPS) is 17.6. The van der Waals surface area contributed by atoms with Crippen LogP contribution in [0.2, 0.25) is 0 Å². The van der Waals surface area contributed by atoms with Crippen molar-refractivity contribution in [2.24, 2.45) is 5.16 Å². The fourth-order valence-electron chi connectivity index (χ4n) is 6.21. The van der Waals surface area contributed by atoms with Crippen LogP contribution < -0.4 is 10.6 Å². The molecule has 1 fully saturated rings. The smallest absolute Gasteiger partial charge is 0.407 e. The molecule has 1 saturated heterocycles. The van der Waals surface area contributed by atoms with Gasteiger partial charge in [-0.2, -0.15) is 8.78 Å². The second-order valence-electron chi connectivity index (χ2n) is 13.2. The number of amides is 2.